The van der Waals surface area contributed by atoms with Gasteiger partial charge >= 0.3 is 0 Å². The third-order valence-corrected chi connectivity index (χ3v) is 6.03. The number of nitrogens with one attached hydrogen (secondary N) is 3. The summed E-state index contributed by atoms with van der Waals surface area (Å²) in [4.78, 5) is 24.7. The Morgan fingerprint density at radius 3 is 2.55 bits per heavy atom. The third kappa shape index (κ3) is 4.79. The maximum absolute atomic E-state index is 12.6. The summed E-state index contributed by atoms with van der Waals surface area (Å²) in [6.45, 7) is 6.22. The fourth-order valence-corrected chi connectivity index (χ4v) is 4.22. The summed E-state index contributed by atoms with van der Waals surface area (Å²) in [5.74, 6) is 1.73. The molecule has 2 aliphatic heterocycles. The Hall–Kier alpha value is -3.56. The average molecular weight is 448 g/mol. The highest BCUT2D eigenvalue weighted by Gasteiger charge is 2.19. The largest absolute Gasteiger partial charge is 0.396 e. The highest BCUT2D eigenvalue weighted by Crippen LogP contribution is 2.31. The van der Waals surface area contributed by atoms with Crippen LogP contribution in [0.4, 0.5) is 23.0 Å². The highest BCUT2D eigenvalue weighted by atomic mass is 16.5. The molecular formula is C24H29N7O2. The molecule has 5 rings (SSSR count). The van der Waals surface area contributed by atoms with Crippen molar-refractivity contribution < 1.29 is 9.53 Å². The Morgan fingerprint density at radius 1 is 1.03 bits per heavy atom. The minimum atomic E-state index is 0.0367. The van der Waals surface area contributed by atoms with Gasteiger partial charge in [0.1, 0.15) is 11.6 Å². The van der Waals surface area contributed by atoms with Gasteiger partial charge in [0.25, 0.3) is 5.91 Å². The van der Waals surface area contributed by atoms with Crippen LogP contribution in [-0.2, 0) is 4.74 Å². The van der Waals surface area contributed by atoms with Gasteiger partial charge in [0.2, 0.25) is 0 Å². The van der Waals surface area contributed by atoms with Crippen molar-refractivity contribution in [1.82, 2.24) is 20.2 Å². The lowest BCUT2D eigenvalue weighted by Gasteiger charge is -2.28. The van der Waals surface area contributed by atoms with Crippen LogP contribution in [-0.4, -0.2) is 73.3 Å². The summed E-state index contributed by atoms with van der Waals surface area (Å²) in [5.41, 5.74) is 10.5. The summed E-state index contributed by atoms with van der Waals surface area (Å²) in [7, 11) is 0. The van der Waals surface area contributed by atoms with Crippen LogP contribution >= 0.6 is 0 Å². The van der Waals surface area contributed by atoms with E-state index in [2.05, 4.69) is 25.5 Å². The second-order valence-corrected chi connectivity index (χ2v) is 8.26. The number of benzene rings is 1. The number of H-pyrrole nitrogens is 1. The standard InChI is InChI=1S/C24H29N7O2/c25-20-16-21(29-23(20)30-9-7-26-8-10-30)18-5-6-27-22(15-18)28-19-3-1-17(2-4-19)24(32)31-11-13-33-14-12-31/h1-6,15-16,26,29H,7-14,25H2,(H,27,28). The molecule has 0 radical (unpaired) electrons. The van der Waals surface area contributed by atoms with Crippen LogP contribution in [0.3, 0.4) is 0 Å². The van der Waals surface area contributed by atoms with Gasteiger partial charge in [-0.25, -0.2) is 4.98 Å². The molecule has 33 heavy (non-hydrogen) atoms. The minimum Gasteiger partial charge on any atom is -0.396 e. The number of hydrogen-bond acceptors (Lipinski definition) is 7. The quantitative estimate of drug-likeness (QED) is 0.475. The number of amides is 1. The minimum absolute atomic E-state index is 0.0367. The van der Waals surface area contributed by atoms with Gasteiger partial charge in [-0.1, -0.05) is 0 Å². The SMILES string of the molecule is Nc1cc(-c2ccnc(Nc3ccc(C(=O)N4CCOCC4)cc3)c2)[nH]c1N1CCNCC1. The van der Waals surface area contributed by atoms with E-state index in [1.165, 1.54) is 0 Å². The van der Waals surface area contributed by atoms with E-state index in [-0.39, 0.29) is 5.91 Å². The molecule has 0 saturated carbocycles. The number of ether oxygens (including phenoxy) is 1. The maximum Gasteiger partial charge on any atom is 0.254 e. The molecule has 9 nitrogen and oxygen atoms in total. The van der Waals surface area contributed by atoms with Crippen molar-refractivity contribution in [2.24, 2.45) is 0 Å². The number of nitrogen functional groups attached to an aromatic ring is 1. The van der Waals surface area contributed by atoms with Gasteiger partial charge in [0, 0.05) is 68.0 Å². The van der Waals surface area contributed by atoms with E-state index in [9.17, 15) is 4.79 Å². The van der Waals surface area contributed by atoms with Crippen molar-refractivity contribution in [3.63, 3.8) is 0 Å². The second-order valence-electron chi connectivity index (χ2n) is 8.26. The van der Waals surface area contributed by atoms with Crippen molar-refractivity contribution in [3.8, 4) is 11.3 Å². The van der Waals surface area contributed by atoms with Crippen LogP contribution in [0.15, 0.2) is 48.7 Å². The molecule has 3 aromatic rings. The topological polar surface area (TPSA) is 112 Å². The number of carbonyl (C=O) groups is 1. The summed E-state index contributed by atoms with van der Waals surface area (Å²) in [6.07, 6.45) is 1.77. The molecule has 2 fully saturated rings. The van der Waals surface area contributed by atoms with Gasteiger partial charge < -0.3 is 35.9 Å². The van der Waals surface area contributed by atoms with E-state index >= 15 is 0 Å². The second kappa shape index (κ2) is 9.51. The number of nitrogens with zero attached hydrogens (tertiary/aromatic N) is 3. The lowest BCUT2D eigenvalue weighted by atomic mass is 10.1. The van der Waals surface area contributed by atoms with Crippen molar-refractivity contribution in [3.05, 3.63) is 54.2 Å². The fraction of sp³-hybridized carbons (Fsp3) is 0.333. The maximum atomic E-state index is 12.6. The Bertz CT molecular complexity index is 1100. The first-order valence-corrected chi connectivity index (χ1v) is 11.3. The predicted octanol–water partition coefficient (Wildman–Crippen LogP) is 2.28. The van der Waals surface area contributed by atoms with Gasteiger partial charge in [0.05, 0.1) is 18.9 Å². The zero-order valence-electron chi connectivity index (χ0n) is 18.5. The molecular weight excluding hydrogens is 418 g/mol. The number of anilines is 4. The van der Waals surface area contributed by atoms with Gasteiger partial charge in [0.15, 0.2) is 0 Å². The number of morpholine rings is 1. The molecule has 1 aromatic carbocycles. The zero-order valence-corrected chi connectivity index (χ0v) is 18.5. The van der Waals surface area contributed by atoms with E-state index in [4.69, 9.17) is 10.5 Å². The number of hydrogen-bond donors (Lipinski definition) is 4. The number of pyridine rings is 1. The zero-order chi connectivity index (χ0) is 22.6. The van der Waals surface area contributed by atoms with Crippen LogP contribution in [0.2, 0.25) is 0 Å². The molecule has 1 amide bonds. The predicted molar refractivity (Wildman–Crippen MR) is 130 cm³/mol. The molecule has 172 valence electrons. The first kappa shape index (κ1) is 21.3. The lowest BCUT2D eigenvalue weighted by molar-refractivity contribution is 0.0303. The molecule has 0 aliphatic carbocycles. The van der Waals surface area contributed by atoms with Crippen LogP contribution < -0.4 is 21.3 Å². The smallest absolute Gasteiger partial charge is 0.254 e. The van der Waals surface area contributed by atoms with Crippen LogP contribution in [0.1, 0.15) is 10.4 Å². The molecule has 0 spiro atoms. The molecule has 4 heterocycles. The number of carbonyl (C=O) groups excluding carboxylic acids is 1. The molecule has 0 unspecified atom stereocenters. The Balaban J connectivity index is 1.28. The summed E-state index contributed by atoms with van der Waals surface area (Å²) in [5, 5.41) is 6.68. The van der Waals surface area contributed by atoms with Crippen LogP contribution in [0, 0.1) is 0 Å². The van der Waals surface area contributed by atoms with E-state index in [0.717, 1.165) is 60.4 Å². The van der Waals surface area contributed by atoms with Crippen molar-refractivity contribution in [2.45, 2.75) is 0 Å². The Labute approximate surface area is 192 Å². The van der Waals surface area contributed by atoms with Gasteiger partial charge in [-0.3, -0.25) is 4.79 Å². The molecule has 0 atom stereocenters. The van der Waals surface area contributed by atoms with Gasteiger partial charge in [-0.2, -0.15) is 0 Å². The van der Waals surface area contributed by atoms with Gasteiger partial charge in [-0.15, -0.1) is 0 Å². The monoisotopic (exact) mass is 447 g/mol. The van der Waals surface area contributed by atoms with Crippen LogP contribution in [0.5, 0.6) is 0 Å². The molecule has 2 aromatic heterocycles. The van der Waals surface area contributed by atoms with Crippen molar-refractivity contribution in [1.29, 1.82) is 0 Å². The van der Waals surface area contributed by atoms with Crippen molar-refractivity contribution >= 4 is 28.9 Å². The molecule has 2 aliphatic rings. The summed E-state index contributed by atoms with van der Waals surface area (Å²) < 4.78 is 5.33. The summed E-state index contributed by atoms with van der Waals surface area (Å²) >= 11 is 0. The first-order valence-electron chi connectivity index (χ1n) is 11.3. The molecule has 9 heteroatoms. The third-order valence-electron chi connectivity index (χ3n) is 6.03. The Kier molecular flexibility index (Phi) is 6.14. The molecule has 5 N–H and O–H groups in total. The number of aromatic nitrogens is 2. The molecule has 0 bridgehead atoms. The van der Waals surface area contributed by atoms with E-state index in [1.54, 1.807) is 6.20 Å². The molecule has 2 saturated heterocycles. The number of piperazine rings is 1. The lowest BCUT2D eigenvalue weighted by Crippen LogP contribution is -2.43. The Morgan fingerprint density at radius 2 is 1.79 bits per heavy atom. The number of rotatable bonds is 5. The highest BCUT2D eigenvalue weighted by molar-refractivity contribution is 5.94. The van der Waals surface area contributed by atoms with Crippen molar-refractivity contribution in [2.75, 3.05) is 68.4 Å². The average Bonchev–Trinajstić information content (AvgIpc) is 3.27. The number of aromatic amines is 1. The van der Waals surface area contributed by atoms with E-state index < -0.39 is 0 Å². The number of nitrogens with two attached hydrogens (primary N) is 1. The van der Waals surface area contributed by atoms with E-state index in [1.807, 2.05) is 47.4 Å². The van der Waals surface area contributed by atoms with E-state index in [0.29, 0.717) is 31.9 Å². The fourth-order valence-electron chi connectivity index (χ4n) is 4.22. The first-order chi connectivity index (χ1) is 16.2. The summed E-state index contributed by atoms with van der Waals surface area (Å²) in [6, 6.07) is 13.4. The van der Waals surface area contributed by atoms with Crippen LogP contribution in [0.25, 0.3) is 11.3 Å². The van der Waals surface area contributed by atoms with Gasteiger partial charge in [-0.05, 0) is 42.5 Å². The normalized spacial score (nSPS) is 16.6.